The Labute approximate surface area is 108 Å². The summed E-state index contributed by atoms with van der Waals surface area (Å²) in [6.45, 7) is 1.70. The predicted molar refractivity (Wildman–Crippen MR) is 69.1 cm³/mol. The van der Waals surface area contributed by atoms with Crippen molar-refractivity contribution in [2.45, 2.75) is 37.3 Å². The Balaban J connectivity index is 1.66. The van der Waals surface area contributed by atoms with Crippen LogP contribution in [0.1, 0.15) is 42.9 Å². The first-order valence-electron chi connectivity index (χ1n) is 6.68. The van der Waals surface area contributed by atoms with E-state index in [4.69, 9.17) is 10.00 Å². The Morgan fingerprint density at radius 1 is 1.22 bits per heavy atom. The number of ether oxygens (including phenoxy) is 1. The minimum atomic E-state index is 0.129. The highest BCUT2D eigenvalue weighted by Gasteiger charge is 2.38. The van der Waals surface area contributed by atoms with Crippen LogP contribution >= 0.6 is 0 Å². The molecule has 1 aromatic rings. The van der Waals surface area contributed by atoms with Crippen LogP contribution in [0.5, 0.6) is 0 Å². The molecule has 94 valence electrons. The summed E-state index contributed by atoms with van der Waals surface area (Å²) in [5.74, 6) is 0. The van der Waals surface area contributed by atoms with Crippen molar-refractivity contribution < 1.29 is 4.74 Å². The molecule has 0 radical (unpaired) electrons. The largest absolute Gasteiger partial charge is 0.370 e. The zero-order valence-electron chi connectivity index (χ0n) is 10.5. The highest BCUT2D eigenvalue weighted by atomic mass is 16.5. The van der Waals surface area contributed by atoms with E-state index in [1.165, 1.54) is 25.7 Å². The van der Waals surface area contributed by atoms with Gasteiger partial charge in [0.25, 0.3) is 0 Å². The molecule has 2 aliphatic rings. The van der Waals surface area contributed by atoms with E-state index in [1.807, 2.05) is 24.3 Å². The van der Waals surface area contributed by atoms with Crippen LogP contribution < -0.4 is 5.32 Å². The van der Waals surface area contributed by atoms with Gasteiger partial charge in [0.15, 0.2) is 0 Å². The van der Waals surface area contributed by atoms with Gasteiger partial charge in [0.05, 0.1) is 24.3 Å². The molecule has 1 atom stereocenters. The second-order valence-corrected chi connectivity index (χ2v) is 5.40. The summed E-state index contributed by atoms with van der Waals surface area (Å²) < 4.78 is 6.03. The molecular weight excluding hydrogens is 224 g/mol. The molecule has 1 N–H and O–H groups in total. The van der Waals surface area contributed by atoms with Gasteiger partial charge in [-0.15, -0.1) is 0 Å². The number of hydrogen-bond donors (Lipinski definition) is 1. The van der Waals surface area contributed by atoms with Crippen LogP contribution in [0.2, 0.25) is 0 Å². The van der Waals surface area contributed by atoms with Crippen molar-refractivity contribution in [2.24, 2.45) is 0 Å². The average molecular weight is 242 g/mol. The first kappa shape index (κ1) is 11.7. The van der Waals surface area contributed by atoms with Crippen LogP contribution in [-0.2, 0) is 4.74 Å². The molecule has 18 heavy (non-hydrogen) atoms. The van der Waals surface area contributed by atoms with Crippen molar-refractivity contribution in [3.8, 4) is 6.07 Å². The Kier molecular flexibility index (Phi) is 3.07. The van der Waals surface area contributed by atoms with Crippen LogP contribution in [0.4, 0.5) is 0 Å². The van der Waals surface area contributed by atoms with Crippen molar-refractivity contribution in [2.75, 3.05) is 13.2 Å². The van der Waals surface area contributed by atoms with Gasteiger partial charge in [0.1, 0.15) is 0 Å². The van der Waals surface area contributed by atoms with E-state index >= 15 is 0 Å². The highest BCUT2D eigenvalue weighted by Crippen LogP contribution is 2.34. The lowest BCUT2D eigenvalue weighted by molar-refractivity contribution is -0.0326. The number of rotatable bonds is 1. The first-order valence-corrected chi connectivity index (χ1v) is 6.68. The average Bonchev–Trinajstić information content (AvgIpc) is 2.88. The fraction of sp³-hybridized carbons (Fsp3) is 0.533. The standard InChI is InChI=1S/C15H18N2O/c16-9-12-3-5-13(6-4-12)14-10-17-15(11-18-14)7-1-2-8-15/h3-6,14,17H,1-2,7-8,10-11H2. The van der Waals surface area contributed by atoms with Crippen LogP contribution in [0.3, 0.4) is 0 Å². The van der Waals surface area contributed by atoms with E-state index in [9.17, 15) is 0 Å². The molecule has 1 saturated heterocycles. The van der Waals surface area contributed by atoms with Crippen molar-refractivity contribution in [3.05, 3.63) is 35.4 Å². The molecule has 3 nitrogen and oxygen atoms in total. The lowest BCUT2D eigenvalue weighted by Crippen LogP contribution is -2.53. The molecule has 1 saturated carbocycles. The summed E-state index contributed by atoms with van der Waals surface area (Å²) >= 11 is 0. The van der Waals surface area contributed by atoms with Gasteiger partial charge < -0.3 is 10.1 Å². The lowest BCUT2D eigenvalue weighted by Gasteiger charge is -2.38. The Hall–Kier alpha value is -1.37. The van der Waals surface area contributed by atoms with E-state index in [0.717, 1.165) is 18.7 Å². The molecule has 0 bridgehead atoms. The van der Waals surface area contributed by atoms with Gasteiger partial charge in [-0.2, -0.15) is 5.26 Å². The Morgan fingerprint density at radius 2 is 1.94 bits per heavy atom. The number of benzene rings is 1. The number of nitrogens with one attached hydrogen (secondary N) is 1. The molecule has 1 aromatic carbocycles. The molecule has 1 unspecified atom stereocenters. The summed E-state index contributed by atoms with van der Waals surface area (Å²) in [6, 6.07) is 9.85. The predicted octanol–water partition coefficient (Wildman–Crippen LogP) is 2.53. The maximum Gasteiger partial charge on any atom is 0.0991 e. The van der Waals surface area contributed by atoms with Gasteiger partial charge in [-0.1, -0.05) is 25.0 Å². The van der Waals surface area contributed by atoms with Crippen molar-refractivity contribution in [1.29, 1.82) is 5.26 Å². The molecule has 1 spiro atoms. The van der Waals surface area contributed by atoms with Crippen LogP contribution in [0.15, 0.2) is 24.3 Å². The Bertz CT molecular complexity index is 444. The smallest absolute Gasteiger partial charge is 0.0991 e. The summed E-state index contributed by atoms with van der Waals surface area (Å²) in [5.41, 5.74) is 2.12. The van der Waals surface area contributed by atoms with E-state index in [1.54, 1.807) is 0 Å². The van der Waals surface area contributed by atoms with E-state index < -0.39 is 0 Å². The third-order valence-corrected chi connectivity index (χ3v) is 4.20. The summed E-state index contributed by atoms with van der Waals surface area (Å²) in [4.78, 5) is 0. The minimum Gasteiger partial charge on any atom is -0.370 e. The number of hydrogen-bond acceptors (Lipinski definition) is 3. The second-order valence-electron chi connectivity index (χ2n) is 5.40. The summed E-state index contributed by atoms with van der Waals surface area (Å²) in [5, 5.41) is 12.5. The third kappa shape index (κ3) is 2.14. The molecule has 0 amide bonds. The highest BCUT2D eigenvalue weighted by molar-refractivity contribution is 5.32. The Morgan fingerprint density at radius 3 is 2.50 bits per heavy atom. The maximum atomic E-state index is 8.78. The van der Waals surface area contributed by atoms with Crippen molar-refractivity contribution in [1.82, 2.24) is 5.32 Å². The summed E-state index contributed by atoms with van der Waals surface area (Å²) in [6.07, 6.45) is 5.25. The van der Waals surface area contributed by atoms with E-state index in [-0.39, 0.29) is 11.6 Å². The summed E-state index contributed by atoms with van der Waals surface area (Å²) in [7, 11) is 0. The lowest BCUT2D eigenvalue weighted by atomic mass is 9.95. The van der Waals surface area contributed by atoms with Crippen LogP contribution in [-0.4, -0.2) is 18.7 Å². The van der Waals surface area contributed by atoms with Gasteiger partial charge in [-0.25, -0.2) is 0 Å². The van der Waals surface area contributed by atoms with Gasteiger partial charge in [0.2, 0.25) is 0 Å². The first-order chi connectivity index (χ1) is 8.81. The SMILES string of the molecule is N#Cc1ccc(C2CNC3(CCCC3)CO2)cc1. The monoisotopic (exact) mass is 242 g/mol. The maximum absolute atomic E-state index is 8.78. The van der Waals surface area contributed by atoms with E-state index in [2.05, 4.69) is 11.4 Å². The number of nitrogens with zero attached hydrogens (tertiary/aromatic N) is 1. The molecule has 1 aliphatic heterocycles. The van der Waals surface area contributed by atoms with Gasteiger partial charge in [0, 0.05) is 12.1 Å². The molecule has 2 fully saturated rings. The molecule has 3 heteroatoms. The van der Waals surface area contributed by atoms with Gasteiger partial charge >= 0.3 is 0 Å². The third-order valence-electron chi connectivity index (χ3n) is 4.20. The van der Waals surface area contributed by atoms with Gasteiger partial charge in [-0.3, -0.25) is 0 Å². The zero-order valence-corrected chi connectivity index (χ0v) is 10.5. The number of morpholine rings is 1. The fourth-order valence-electron chi connectivity index (χ4n) is 3.04. The fourth-order valence-corrected chi connectivity index (χ4v) is 3.04. The molecule has 1 heterocycles. The topological polar surface area (TPSA) is 45.0 Å². The zero-order chi connectivity index (χ0) is 12.4. The van der Waals surface area contributed by atoms with Crippen LogP contribution in [0.25, 0.3) is 0 Å². The van der Waals surface area contributed by atoms with Crippen molar-refractivity contribution in [3.63, 3.8) is 0 Å². The molecular formula is C15H18N2O. The van der Waals surface area contributed by atoms with Crippen LogP contribution in [0, 0.1) is 11.3 Å². The molecule has 0 aromatic heterocycles. The molecule has 3 rings (SSSR count). The van der Waals surface area contributed by atoms with Crippen molar-refractivity contribution >= 4 is 0 Å². The normalized spacial score (nSPS) is 26.1. The minimum absolute atomic E-state index is 0.129. The second kappa shape index (κ2) is 4.72. The quantitative estimate of drug-likeness (QED) is 0.823. The van der Waals surface area contributed by atoms with Gasteiger partial charge in [-0.05, 0) is 30.5 Å². The number of nitriles is 1. The van der Waals surface area contributed by atoms with E-state index in [0.29, 0.717) is 5.56 Å². The molecule has 1 aliphatic carbocycles.